The van der Waals surface area contributed by atoms with E-state index in [-0.39, 0.29) is 0 Å². The van der Waals surface area contributed by atoms with Crippen molar-refractivity contribution in [2.45, 2.75) is 0 Å². The van der Waals surface area contributed by atoms with Crippen LogP contribution in [0.15, 0.2) is 370 Å². The molecule has 7 nitrogen and oxygen atoms in total. The third-order valence-electron chi connectivity index (χ3n) is 22.1. The Bertz CT molecular complexity index is 7520. The highest BCUT2D eigenvalue weighted by Gasteiger charge is 2.24. The van der Waals surface area contributed by atoms with Gasteiger partial charge in [-0.15, -0.1) is 0 Å². The zero-order valence-electron chi connectivity index (χ0n) is 59.3. The molecule has 0 unspecified atom stereocenters. The monoisotopic (exact) mass is 1400 g/mol. The first-order chi connectivity index (χ1) is 54.5. The van der Waals surface area contributed by atoms with Crippen LogP contribution in [0.2, 0.25) is 0 Å². The summed E-state index contributed by atoms with van der Waals surface area (Å²) in [6.07, 6.45) is 1.90. The van der Waals surface area contributed by atoms with Gasteiger partial charge in [0, 0.05) is 71.9 Å². The number of hydrogen-bond donors (Lipinski definition) is 0. The molecule has 0 amide bonds. The Morgan fingerprint density at radius 3 is 1.21 bits per heavy atom. The summed E-state index contributed by atoms with van der Waals surface area (Å²) in [6.45, 7) is 0. The molecule has 7 aromatic heterocycles. The van der Waals surface area contributed by atoms with E-state index in [2.05, 4.69) is 352 Å². The van der Waals surface area contributed by atoms with E-state index in [4.69, 9.17) is 34.9 Å². The first-order valence-electron chi connectivity index (χ1n) is 37.3. The summed E-state index contributed by atoms with van der Waals surface area (Å²) < 4.78 is 0. The van der Waals surface area contributed by atoms with Crippen molar-refractivity contribution in [2.75, 3.05) is 0 Å². The van der Waals surface area contributed by atoms with Crippen LogP contribution in [0, 0.1) is 0 Å². The lowest BCUT2D eigenvalue weighted by molar-refractivity contribution is 1.28. The van der Waals surface area contributed by atoms with Crippen LogP contribution in [0.1, 0.15) is 0 Å². The zero-order valence-corrected chi connectivity index (χ0v) is 59.3. The SMILES string of the molecule is c1ccc(-c2c3ccccc3cc3nc(-c4cccc(-c5ccc6nc(-c7ccc8cc9ccc(-c%10ccc%11c(-c%12ccccc%12)c%12nc(-c%13c%14ccccc%14c(-c%14ccc%15cc%16ccccc%16c(-c%16ccccc%16)c%15n%14)c%14ncccc%13%14)ccc%12cc%11c%10)cc9c(-c9ccccc9)c8n7)ccc6c5)n4)ccc23)cc1. The van der Waals surface area contributed by atoms with Crippen LogP contribution in [0.3, 0.4) is 0 Å². The third-order valence-corrected chi connectivity index (χ3v) is 22.1. The lowest BCUT2D eigenvalue weighted by Gasteiger charge is -2.18. The van der Waals surface area contributed by atoms with E-state index >= 15 is 0 Å². The molecule has 0 radical (unpaired) electrons. The van der Waals surface area contributed by atoms with Crippen molar-refractivity contribution in [3.8, 4) is 112 Å². The molecule has 0 fully saturated rings. The molecule has 0 N–H and O–H groups in total. The van der Waals surface area contributed by atoms with Gasteiger partial charge in [-0.3, -0.25) is 4.98 Å². The van der Waals surface area contributed by atoms with Gasteiger partial charge in [0.2, 0.25) is 0 Å². The summed E-state index contributed by atoms with van der Waals surface area (Å²) >= 11 is 0. The van der Waals surface area contributed by atoms with E-state index in [1.54, 1.807) is 0 Å². The summed E-state index contributed by atoms with van der Waals surface area (Å²) in [6, 6.07) is 130. The van der Waals surface area contributed by atoms with Crippen LogP contribution < -0.4 is 0 Å². The summed E-state index contributed by atoms with van der Waals surface area (Å²) in [5, 5.41) is 17.7. The molecule has 7 heteroatoms. The number of pyridine rings is 7. The second kappa shape index (κ2) is 25.5. The van der Waals surface area contributed by atoms with Gasteiger partial charge in [0.05, 0.1) is 73.0 Å². The molecule has 0 saturated heterocycles. The van der Waals surface area contributed by atoms with E-state index < -0.39 is 0 Å². The van der Waals surface area contributed by atoms with Gasteiger partial charge in [0.15, 0.2) is 0 Å². The van der Waals surface area contributed by atoms with Gasteiger partial charge in [-0.2, -0.15) is 0 Å². The molecule has 0 spiro atoms. The Balaban J connectivity index is 0.617. The van der Waals surface area contributed by atoms with E-state index in [9.17, 15) is 0 Å². The average molecular weight is 1400 g/mol. The Kier molecular flexibility index (Phi) is 14.5. The predicted molar refractivity (Wildman–Crippen MR) is 458 cm³/mol. The molecule has 0 atom stereocenters. The highest BCUT2D eigenvalue weighted by atomic mass is 14.8. The molecule has 110 heavy (non-hydrogen) atoms. The van der Waals surface area contributed by atoms with E-state index in [0.29, 0.717) is 0 Å². The lowest BCUT2D eigenvalue weighted by Crippen LogP contribution is -1.97. The molecule has 15 aromatic carbocycles. The van der Waals surface area contributed by atoms with Crippen molar-refractivity contribution < 1.29 is 0 Å². The van der Waals surface area contributed by atoms with Gasteiger partial charge in [0.25, 0.3) is 0 Å². The van der Waals surface area contributed by atoms with E-state index in [1.807, 2.05) is 18.3 Å². The maximum absolute atomic E-state index is 5.79. The topological polar surface area (TPSA) is 90.2 Å². The van der Waals surface area contributed by atoms with Crippen LogP contribution in [-0.4, -0.2) is 34.9 Å². The Morgan fingerprint density at radius 2 is 0.555 bits per heavy atom. The van der Waals surface area contributed by atoms with Crippen LogP contribution in [-0.2, 0) is 0 Å². The molecule has 0 aliphatic heterocycles. The van der Waals surface area contributed by atoms with Crippen molar-refractivity contribution in [1.82, 2.24) is 34.9 Å². The van der Waals surface area contributed by atoms with Gasteiger partial charge in [-0.25, -0.2) is 29.9 Å². The molecule has 0 saturated carbocycles. The predicted octanol–water partition coefficient (Wildman–Crippen LogP) is 26.8. The Labute approximate surface area is 632 Å². The molecule has 0 aliphatic rings. The second-order valence-corrected chi connectivity index (χ2v) is 28.6. The largest absolute Gasteiger partial charge is 0.256 e. The number of nitrogens with zero attached hydrogens (tertiary/aromatic N) is 7. The highest BCUT2D eigenvalue weighted by molar-refractivity contribution is 6.22. The van der Waals surface area contributed by atoms with Gasteiger partial charge in [-0.1, -0.05) is 261 Å². The van der Waals surface area contributed by atoms with Gasteiger partial charge in [0.1, 0.15) is 0 Å². The summed E-state index contributed by atoms with van der Waals surface area (Å²) in [5.41, 5.74) is 25.5. The lowest BCUT2D eigenvalue weighted by atomic mass is 9.89. The van der Waals surface area contributed by atoms with Crippen molar-refractivity contribution in [2.24, 2.45) is 0 Å². The van der Waals surface area contributed by atoms with E-state index in [0.717, 1.165) is 204 Å². The zero-order chi connectivity index (χ0) is 72.3. The minimum atomic E-state index is 0.798. The normalized spacial score (nSPS) is 11.8. The molecular formula is C103H61N7. The van der Waals surface area contributed by atoms with Crippen molar-refractivity contribution in [1.29, 1.82) is 0 Å². The fraction of sp³-hybridized carbons (Fsp3) is 0. The maximum atomic E-state index is 5.79. The fourth-order valence-corrected chi connectivity index (χ4v) is 17.1. The Morgan fingerprint density at radius 1 is 0.145 bits per heavy atom. The molecular weight excluding hydrogens is 1340 g/mol. The van der Waals surface area contributed by atoms with Crippen molar-refractivity contribution in [3.05, 3.63) is 370 Å². The molecule has 22 aromatic rings. The number of aromatic nitrogens is 7. The van der Waals surface area contributed by atoms with Crippen LogP contribution in [0.5, 0.6) is 0 Å². The molecule has 0 aliphatic carbocycles. The number of fused-ring (bicyclic) bond motifs is 11. The number of benzene rings is 15. The number of rotatable bonds is 10. The van der Waals surface area contributed by atoms with E-state index in [1.165, 1.54) is 27.3 Å². The minimum Gasteiger partial charge on any atom is -0.256 e. The highest BCUT2D eigenvalue weighted by Crippen LogP contribution is 2.48. The van der Waals surface area contributed by atoms with Gasteiger partial charge < -0.3 is 0 Å². The Hall–Kier alpha value is -14.8. The first-order valence-corrected chi connectivity index (χ1v) is 37.3. The summed E-state index contributed by atoms with van der Waals surface area (Å²) in [7, 11) is 0. The fourth-order valence-electron chi connectivity index (χ4n) is 17.1. The third kappa shape index (κ3) is 10.5. The smallest absolute Gasteiger partial charge is 0.0894 e. The maximum Gasteiger partial charge on any atom is 0.0894 e. The molecule has 7 heterocycles. The summed E-state index contributed by atoms with van der Waals surface area (Å²) in [5.74, 6) is 0. The quantitative estimate of drug-likeness (QED) is 0.126. The molecule has 508 valence electrons. The number of hydrogen-bond acceptors (Lipinski definition) is 7. The van der Waals surface area contributed by atoms with Crippen LogP contribution >= 0.6 is 0 Å². The summed E-state index contributed by atoms with van der Waals surface area (Å²) in [4.78, 5) is 38.0. The molecule has 22 rings (SSSR count). The molecule has 0 bridgehead atoms. The minimum absolute atomic E-state index is 0.798. The van der Waals surface area contributed by atoms with Crippen LogP contribution in [0.4, 0.5) is 0 Å². The first kappa shape index (κ1) is 62.6. The van der Waals surface area contributed by atoms with Crippen molar-refractivity contribution in [3.63, 3.8) is 0 Å². The second-order valence-electron chi connectivity index (χ2n) is 28.6. The average Bonchev–Trinajstić information content (AvgIpc) is 0.720. The van der Waals surface area contributed by atoms with Gasteiger partial charge in [-0.05, 0) is 196 Å². The van der Waals surface area contributed by atoms with Gasteiger partial charge >= 0.3 is 0 Å². The van der Waals surface area contributed by atoms with Crippen molar-refractivity contribution >= 4 is 119 Å². The standard InChI is InChI=1S/C103H61N7/c1-5-21-62(22-6-1)94-77-31-15-14-30-69(77)61-93-82(94)47-53-89(107-93)87-37-19-36-85(105-87)71-41-48-86-72(58-71)42-49-88(106-86)90-50-43-73-57-70-39-38-67(60-84(70)97(102(73)108-90)65-27-11-4-12-28-65)66-40-46-79-76(55-66)59-75-44-51-91(109-101(75)96(79)64-25-9-3-10-26-64)98-80-33-17-18-34-81(80)99(103-83(98)35-20-54-104-103)92-52-45-74-56-68-29-13-16-32-78(68)95(100(74)110-92)63-23-7-2-8-24-63/h1-61H. The van der Waals surface area contributed by atoms with Crippen LogP contribution in [0.25, 0.3) is 231 Å².